The van der Waals surface area contributed by atoms with Gasteiger partial charge in [-0.25, -0.2) is 9.48 Å². The third-order valence-corrected chi connectivity index (χ3v) is 4.64. The molecule has 2 aliphatic heterocycles. The van der Waals surface area contributed by atoms with E-state index in [0.717, 1.165) is 31.6 Å². The van der Waals surface area contributed by atoms with E-state index in [9.17, 15) is 9.59 Å². The van der Waals surface area contributed by atoms with Crippen molar-refractivity contribution in [2.75, 3.05) is 33.4 Å². The van der Waals surface area contributed by atoms with Crippen LogP contribution in [0.15, 0.2) is 0 Å². The second-order valence-electron chi connectivity index (χ2n) is 6.80. The number of amides is 2. The summed E-state index contributed by atoms with van der Waals surface area (Å²) in [5, 5.41) is 17.3. The Morgan fingerprint density at radius 1 is 1.46 bits per heavy atom. The second-order valence-corrected chi connectivity index (χ2v) is 6.80. The van der Waals surface area contributed by atoms with Crippen LogP contribution in [0.4, 0.5) is 4.79 Å². The van der Waals surface area contributed by atoms with E-state index >= 15 is 0 Å². The number of aromatic nitrogens is 3. The molecule has 1 aromatic rings. The van der Waals surface area contributed by atoms with Gasteiger partial charge < -0.3 is 25.4 Å². The Bertz CT molecular complexity index is 643. The van der Waals surface area contributed by atoms with Crippen LogP contribution in [0.3, 0.4) is 0 Å². The lowest BCUT2D eigenvalue weighted by Crippen LogP contribution is -2.37. The third kappa shape index (κ3) is 4.31. The molecule has 2 amide bonds. The highest BCUT2D eigenvalue weighted by molar-refractivity contribution is 5.93. The van der Waals surface area contributed by atoms with Gasteiger partial charge in [0.25, 0.3) is 5.91 Å². The maximum Gasteiger partial charge on any atom is 0.407 e. The van der Waals surface area contributed by atoms with Crippen molar-refractivity contribution in [1.82, 2.24) is 30.9 Å². The van der Waals surface area contributed by atoms with Crippen LogP contribution >= 0.6 is 0 Å². The molecule has 2 atom stereocenters. The van der Waals surface area contributed by atoms with Gasteiger partial charge in [0.2, 0.25) is 0 Å². The number of nitrogens with one attached hydrogen (secondary N) is 3. The number of ether oxygens (including phenoxy) is 2. The SMILES string of the molecule is COCC(C)NC(=O)c1nnn(CC2COC(=O)N2)c1C1CCNCC1. The Balaban J connectivity index is 1.81. The molecule has 0 aromatic carbocycles. The quantitative estimate of drug-likeness (QED) is 0.602. The van der Waals surface area contributed by atoms with Crippen molar-refractivity contribution in [3.63, 3.8) is 0 Å². The first kappa shape index (κ1) is 18.6. The first-order valence-electron chi connectivity index (χ1n) is 8.95. The van der Waals surface area contributed by atoms with Crippen molar-refractivity contribution in [2.24, 2.45) is 0 Å². The van der Waals surface area contributed by atoms with Gasteiger partial charge in [-0.1, -0.05) is 5.21 Å². The molecule has 3 heterocycles. The summed E-state index contributed by atoms with van der Waals surface area (Å²) in [6.45, 7) is 4.80. The van der Waals surface area contributed by atoms with Gasteiger partial charge in [0.05, 0.1) is 24.9 Å². The number of nitrogens with zero attached hydrogens (tertiary/aromatic N) is 3. The van der Waals surface area contributed by atoms with E-state index < -0.39 is 6.09 Å². The van der Waals surface area contributed by atoms with Crippen LogP contribution in [0.2, 0.25) is 0 Å². The number of carbonyl (C=O) groups excluding carboxylic acids is 2. The topological polar surface area (TPSA) is 119 Å². The predicted octanol–water partition coefficient (Wildman–Crippen LogP) is -0.382. The van der Waals surface area contributed by atoms with Gasteiger partial charge in [0.1, 0.15) is 6.61 Å². The van der Waals surface area contributed by atoms with Crippen molar-refractivity contribution in [1.29, 1.82) is 0 Å². The molecule has 0 radical (unpaired) electrons. The molecule has 0 spiro atoms. The molecular weight excluding hydrogens is 340 g/mol. The van der Waals surface area contributed by atoms with Crippen LogP contribution in [0.25, 0.3) is 0 Å². The molecular formula is C16H26N6O4. The van der Waals surface area contributed by atoms with E-state index in [1.807, 2.05) is 6.92 Å². The fourth-order valence-corrected chi connectivity index (χ4v) is 3.43. The summed E-state index contributed by atoms with van der Waals surface area (Å²) in [6, 6.07) is -0.297. The van der Waals surface area contributed by atoms with Crippen molar-refractivity contribution in [2.45, 2.75) is 44.3 Å². The lowest BCUT2D eigenvalue weighted by Gasteiger charge is -2.24. The highest BCUT2D eigenvalue weighted by Crippen LogP contribution is 2.27. The standard InChI is InChI=1S/C16H26N6O4/c1-10(8-25-2)18-15(23)13-14(11-3-5-17-6-4-11)22(21-20-13)7-12-9-26-16(24)19-12/h10-12,17H,3-9H2,1-2H3,(H,18,23)(H,19,24). The molecule has 3 rings (SSSR count). The maximum atomic E-state index is 12.7. The zero-order valence-electron chi connectivity index (χ0n) is 15.2. The van der Waals surface area contributed by atoms with Crippen molar-refractivity contribution in [3.05, 3.63) is 11.4 Å². The Labute approximate surface area is 152 Å². The fraction of sp³-hybridized carbons (Fsp3) is 0.750. The molecule has 2 fully saturated rings. The van der Waals surface area contributed by atoms with Gasteiger partial charge in [-0.2, -0.15) is 0 Å². The first-order chi connectivity index (χ1) is 12.6. The highest BCUT2D eigenvalue weighted by Gasteiger charge is 2.31. The van der Waals surface area contributed by atoms with Crippen molar-refractivity contribution in [3.8, 4) is 0 Å². The maximum absolute atomic E-state index is 12.7. The van der Waals surface area contributed by atoms with Gasteiger partial charge >= 0.3 is 6.09 Å². The Morgan fingerprint density at radius 3 is 2.88 bits per heavy atom. The monoisotopic (exact) mass is 366 g/mol. The second kappa shape index (κ2) is 8.45. The summed E-state index contributed by atoms with van der Waals surface area (Å²) >= 11 is 0. The lowest BCUT2D eigenvalue weighted by molar-refractivity contribution is 0.0898. The minimum atomic E-state index is -0.426. The summed E-state index contributed by atoms with van der Waals surface area (Å²) in [6.07, 6.45) is 1.40. The van der Waals surface area contributed by atoms with E-state index in [-0.39, 0.29) is 30.5 Å². The van der Waals surface area contributed by atoms with E-state index in [0.29, 0.717) is 18.8 Å². The lowest BCUT2D eigenvalue weighted by atomic mass is 9.92. The summed E-state index contributed by atoms with van der Waals surface area (Å²) in [7, 11) is 1.59. The average molecular weight is 366 g/mol. The number of piperidine rings is 1. The number of rotatable bonds is 7. The van der Waals surface area contributed by atoms with E-state index in [1.54, 1.807) is 11.8 Å². The molecule has 144 valence electrons. The number of carbonyl (C=O) groups is 2. The number of methoxy groups -OCH3 is 1. The molecule has 2 unspecified atom stereocenters. The van der Waals surface area contributed by atoms with Crippen LogP contribution in [-0.4, -0.2) is 72.5 Å². The first-order valence-corrected chi connectivity index (χ1v) is 8.95. The summed E-state index contributed by atoms with van der Waals surface area (Å²) in [5.41, 5.74) is 1.18. The predicted molar refractivity (Wildman–Crippen MR) is 91.9 cm³/mol. The number of hydrogen-bond donors (Lipinski definition) is 3. The van der Waals surface area contributed by atoms with Gasteiger partial charge in [-0.3, -0.25) is 4.79 Å². The number of cyclic esters (lactones) is 1. The highest BCUT2D eigenvalue weighted by atomic mass is 16.6. The van der Waals surface area contributed by atoms with Gasteiger partial charge in [-0.15, -0.1) is 5.10 Å². The van der Waals surface area contributed by atoms with Crippen LogP contribution < -0.4 is 16.0 Å². The van der Waals surface area contributed by atoms with Crippen LogP contribution in [0, 0.1) is 0 Å². The summed E-state index contributed by atoms with van der Waals surface area (Å²) in [4.78, 5) is 24.0. The third-order valence-electron chi connectivity index (χ3n) is 4.64. The zero-order valence-corrected chi connectivity index (χ0v) is 15.2. The molecule has 2 saturated heterocycles. The van der Waals surface area contributed by atoms with Crippen LogP contribution in [0.5, 0.6) is 0 Å². The van der Waals surface area contributed by atoms with Crippen LogP contribution in [0.1, 0.15) is 41.9 Å². The normalized spacial score (nSPS) is 21.9. The van der Waals surface area contributed by atoms with Crippen LogP contribution in [-0.2, 0) is 16.0 Å². The summed E-state index contributed by atoms with van der Waals surface area (Å²) < 4.78 is 11.8. The Morgan fingerprint density at radius 2 is 2.23 bits per heavy atom. The average Bonchev–Trinajstić information content (AvgIpc) is 3.22. The molecule has 0 saturated carbocycles. The number of hydrogen-bond acceptors (Lipinski definition) is 7. The molecule has 3 N–H and O–H groups in total. The number of alkyl carbamates (subject to hydrolysis) is 1. The fourth-order valence-electron chi connectivity index (χ4n) is 3.43. The largest absolute Gasteiger partial charge is 0.447 e. The summed E-state index contributed by atoms with van der Waals surface area (Å²) in [5.74, 6) is -0.0520. The Kier molecular flexibility index (Phi) is 6.04. The zero-order chi connectivity index (χ0) is 18.5. The Hall–Kier alpha value is -2.20. The van der Waals surface area contributed by atoms with E-state index in [4.69, 9.17) is 9.47 Å². The minimum Gasteiger partial charge on any atom is -0.447 e. The minimum absolute atomic E-state index is 0.124. The van der Waals surface area contributed by atoms with Crippen molar-refractivity contribution >= 4 is 12.0 Å². The smallest absolute Gasteiger partial charge is 0.407 e. The molecule has 0 bridgehead atoms. The molecule has 0 aliphatic carbocycles. The van der Waals surface area contributed by atoms with Gasteiger partial charge in [0, 0.05) is 19.1 Å². The van der Waals surface area contributed by atoms with Crippen molar-refractivity contribution < 1.29 is 19.1 Å². The van der Waals surface area contributed by atoms with E-state index in [1.165, 1.54) is 0 Å². The molecule has 1 aromatic heterocycles. The van der Waals surface area contributed by atoms with Gasteiger partial charge in [-0.05, 0) is 32.9 Å². The molecule has 10 nitrogen and oxygen atoms in total. The molecule has 2 aliphatic rings. The molecule has 10 heteroatoms. The van der Waals surface area contributed by atoms with Gasteiger partial charge in [0.15, 0.2) is 5.69 Å². The molecule has 26 heavy (non-hydrogen) atoms. The van der Waals surface area contributed by atoms with E-state index in [2.05, 4.69) is 26.3 Å².